The molecular formula is C27H31N3O5. The molecule has 35 heavy (non-hydrogen) atoms. The molecule has 0 bridgehead atoms. The minimum absolute atomic E-state index is 0.0686. The third kappa shape index (κ3) is 5.82. The molecule has 4 rings (SSSR count). The summed E-state index contributed by atoms with van der Waals surface area (Å²) in [7, 11) is 0. The van der Waals surface area contributed by atoms with Crippen molar-refractivity contribution in [3.8, 4) is 0 Å². The highest BCUT2D eigenvalue weighted by Gasteiger charge is 2.36. The van der Waals surface area contributed by atoms with E-state index in [2.05, 4.69) is 10.6 Å². The molecule has 1 unspecified atom stereocenters. The summed E-state index contributed by atoms with van der Waals surface area (Å²) in [5, 5.41) is 5.70. The Bertz CT molecular complexity index is 1140. The van der Waals surface area contributed by atoms with Crippen molar-refractivity contribution in [2.75, 3.05) is 11.4 Å². The molecule has 0 saturated heterocycles. The zero-order valence-electron chi connectivity index (χ0n) is 20.1. The Hall–Kier alpha value is -3.81. The van der Waals surface area contributed by atoms with Gasteiger partial charge in [-0.05, 0) is 68.1 Å². The van der Waals surface area contributed by atoms with Crippen LogP contribution in [-0.4, -0.2) is 30.3 Å². The van der Waals surface area contributed by atoms with Gasteiger partial charge in [0, 0.05) is 11.7 Å². The third-order valence-corrected chi connectivity index (χ3v) is 6.28. The van der Waals surface area contributed by atoms with Crippen LogP contribution >= 0.6 is 0 Å². The molecule has 1 aliphatic carbocycles. The molecule has 1 saturated carbocycles. The second-order valence-corrected chi connectivity index (χ2v) is 8.78. The van der Waals surface area contributed by atoms with Crippen LogP contribution < -0.4 is 15.5 Å². The Morgan fingerprint density at radius 1 is 1.06 bits per heavy atom. The smallest absolute Gasteiger partial charge is 0.287 e. The van der Waals surface area contributed by atoms with Crippen LogP contribution in [0.4, 0.5) is 5.69 Å². The largest absolute Gasteiger partial charge is 0.464 e. The second-order valence-electron chi connectivity index (χ2n) is 8.78. The highest BCUT2D eigenvalue weighted by molar-refractivity contribution is 6.04. The van der Waals surface area contributed by atoms with Crippen LogP contribution in [-0.2, 0) is 16.0 Å². The summed E-state index contributed by atoms with van der Waals surface area (Å²) in [5.74, 6) is -0.160. The van der Waals surface area contributed by atoms with Crippen molar-refractivity contribution in [3.63, 3.8) is 0 Å². The molecule has 0 radical (unpaired) electrons. The van der Waals surface area contributed by atoms with Gasteiger partial charge in [-0.15, -0.1) is 0 Å². The first-order valence-corrected chi connectivity index (χ1v) is 12.1. The summed E-state index contributed by atoms with van der Waals surface area (Å²) < 4.78 is 11.0. The molecule has 1 aliphatic rings. The number of anilines is 1. The van der Waals surface area contributed by atoms with Crippen LogP contribution in [0.2, 0.25) is 0 Å². The van der Waals surface area contributed by atoms with Gasteiger partial charge in [0.15, 0.2) is 11.8 Å². The number of carbonyl (C=O) groups is 3. The van der Waals surface area contributed by atoms with Crippen molar-refractivity contribution >= 4 is 23.4 Å². The van der Waals surface area contributed by atoms with Crippen LogP contribution in [0, 0.1) is 6.92 Å². The van der Waals surface area contributed by atoms with E-state index in [4.69, 9.17) is 8.83 Å². The molecule has 3 amide bonds. The van der Waals surface area contributed by atoms with Crippen molar-refractivity contribution < 1.29 is 23.2 Å². The van der Waals surface area contributed by atoms with Gasteiger partial charge < -0.3 is 19.5 Å². The lowest BCUT2D eigenvalue weighted by Crippen LogP contribution is -2.49. The van der Waals surface area contributed by atoms with Gasteiger partial charge in [-0.2, -0.15) is 0 Å². The van der Waals surface area contributed by atoms with E-state index in [9.17, 15) is 14.4 Å². The van der Waals surface area contributed by atoms with Crippen molar-refractivity contribution in [2.24, 2.45) is 0 Å². The van der Waals surface area contributed by atoms with Gasteiger partial charge in [-0.3, -0.25) is 19.3 Å². The zero-order valence-corrected chi connectivity index (χ0v) is 20.1. The Balaban J connectivity index is 1.66. The normalized spacial score (nSPS) is 14.5. The van der Waals surface area contributed by atoms with E-state index in [1.165, 1.54) is 17.2 Å². The van der Waals surface area contributed by atoms with Gasteiger partial charge in [-0.1, -0.05) is 31.9 Å². The van der Waals surface area contributed by atoms with E-state index >= 15 is 0 Å². The minimum Gasteiger partial charge on any atom is -0.464 e. The van der Waals surface area contributed by atoms with Gasteiger partial charge in [0.1, 0.15) is 11.5 Å². The van der Waals surface area contributed by atoms with Gasteiger partial charge in [0.2, 0.25) is 5.91 Å². The maximum atomic E-state index is 13.6. The predicted octanol–water partition coefficient (Wildman–Crippen LogP) is 4.31. The summed E-state index contributed by atoms with van der Waals surface area (Å²) >= 11 is 0. The first kappa shape index (κ1) is 24.3. The molecule has 1 fully saturated rings. The fourth-order valence-electron chi connectivity index (χ4n) is 4.39. The molecule has 8 nitrogen and oxygen atoms in total. The number of hydrogen-bond acceptors (Lipinski definition) is 5. The summed E-state index contributed by atoms with van der Waals surface area (Å²) in [6.45, 7) is 3.52. The molecule has 184 valence electrons. The first-order chi connectivity index (χ1) is 17.0. The van der Waals surface area contributed by atoms with Gasteiger partial charge in [0.05, 0.1) is 12.8 Å². The fourth-order valence-corrected chi connectivity index (χ4v) is 4.39. The number of amides is 3. The number of nitrogens with zero attached hydrogens (tertiary/aromatic N) is 1. The molecule has 2 aromatic heterocycles. The van der Waals surface area contributed by atoms with Crippen LogP contribution in [0.15, 0.2) is 63.6 Å². The van der Waals surface area contributed by atoms with Gasteiger partial charge in [0.25, 0.3) is 11.8 Å². The number of nitrogens with one attached hydrogen (secondary N) is 2. The molecule has 0 spiro atoms. The van der Waals surface area contributed by atoms with Crippen LogP contribution in [0.25, 0.3) is 0 Å². The molecule has 2 N–H and O–H groups in total. The average molecular weight is 478 g/mol. The lowest BCUT2D eigenvalue weighted by molar-refractivity contribution is -0.127. The van der Waals surface area contributed by atoms with E-state index in [-0.39, 0.29) is 24.3 Å². The molecule has 2 heterocycles. The quantitative estimate of drug-likeness (QED) is 0.478. The monoisotopic (exact) mass is 477 g/mol. The van der Waals surface area contributed by atoms with Crippen molar-refractivity contribution in [1.82, 2.24) is 10.6 Å². The predicted molar refractivity (Wildman–Crippen MR) is 131 cm³/mol. The Kier molecular flexibility index (Phi) is 7.70. The zero-order chi connectivity index (χ0) is 24.8. The van der Waals surface area contributed by atoms with E-state index in [1.807, 2.05) is 31.2 Å². The fraction of sp³-hybridized carbons (Fsp3) is 0.370. The summed E-state index contributed by atoms with van der Waals surface area (Å²) in [6, 6.07) is 13.1. The second kappa shape index (κ2) is 11.1. The molecule has 0 aliphatic heterocycles. The number of rotatable bonds is 9. The standard InChI is InChI=1S/C27H31N3O5/c1-3-19-11-13-21(14-12-19)30(24(31)17-28-26(32)23-9-6-16-34-23)25(22-15-10-18(2)35-22)27(33)29-20-7-4-5-8-20/h6,9-16,20,25H,3-5,7-8,17H2,1-2H3,(H,28,32)(H,29,33). The minimum atomic E-state index is -1.02. The maximum absolute atomic E-state index is 13.6. The number of furan rings is 2. The van der Waals surface area contributed by atoms with E-state index < -0.39 is 17.9 Å². The van der Waals surface area contributed by atoms with E-state index in [1.54, 1.807) is 25.1 Å². The Morgan fingerprint density at radius 3 is 2.40 bits per heavy atom. The SMILES string of the molecule is CCc1ccc(N(C(=O)CNC(=O)c2ccco2)C(C(=O)NC2CCCC2)c2ccc(C)o2)cc1. The Labute approximate surface area is 204 Å². The molecular weight excluding hydrogens is 446 g/mol. The highest BCUT2D eigenvalue weighted by Crippen LogP contribution is 2.30. The number of hydrogen-bond donors (Lipinski definition) is 2. The van der Waals surface area contributed by atoms with E-state index in [0.29, 0.717) is 17.2 Å². The Morgan fingerprint density at radius 2 is 1.80 bits per heavy atom. The summed E-state index contributed by atoms with van der Waals surface area (Å²) in [6.07, 6.45) is 6.18. The van der Waals surface area contributed by atoms with E-state index in [0.717, 1.165) is 37.7 Å². The van der Waals surface area contributed by atoms with Crippen molar-refractivity contribution in [2.45, 2.75) is 58.0 Å². The van der Waals surface area contributed by atoms with Crippen LogP contribution in [0.3, 0.4) is 0 Å². The van der Waals surface area contributed by atoms with Crippen molar-refractivity contribution in [3.05, 3.63) is 77.6 Å². The number of aryl methyl sites for hydroxylation is 2. The van der Waals surface area contributed by atoms with Crippen LogP contribution in [0.5, 0.6) is 0 Å². The summed E-state index contributed by atoms with van der Waals surface area (Å²) in [5.41, 5.74) is 1.65. The topological polar surface area (TPSA) is 105 Å². The first-order valence-electron chi connectivity index (χ1n) is 12.1. The highest BCUT2D eigenvalue weighted by atomic mass is 16.3. The molecule has 1 aromatic carbocycles. The lowest BCUT2D eigenvalue weighted by Gasteiger charge is -2.31. The lowest BCUT2D eigenvalue weighted by atomic mass is 10.1. The number of carbonyl (C=O) groups excluding carboxylic acids is 3. The molecule has 8 heteroatoms. The molecule has 3 aromatic rings. The van der Waals surface area contributed by atoms with Crippen LogP contribution in [0.1, 0.15) is 66.3 Å². The van der Waals surface area contributed by atoms with Gasteiger partial charge in [-0.25, -0.2) is 0 Å². The maximum Gasteiger partial charge on any atom is 0.287 e. The third-order valence-electron chi connectivity index (χ3n) is 6.28. The molecule has 1 atom stereocenters. The average Bonchev–Trinajstić information content (AvgIpc) is 3.64. The number of benzene rings is 1. The van der Waals surface area contributed by atoms with Crippen molar-refractivity contribution in [1.29, 1.82) is 0 Å². The summed E-state index contributed by atoms with van der Waals surface area (Å²) in [4.78, 5) is 41.0. The van der Waals surface area contributed by atoms with Gasteiger partial charge >= 0.3 is 0 Å².